The number of allylic oxidation sites excluding steroid dienone is 3. The summed E-state index contributed by atoms with van der Waals surface area (Å²) in [4.78, 5) is 41.4. The summed E-state index contributed by atoms with van der Waals surface area (Å²) in [6.45, 7) is 16.4. The van der Waals surface area contributed by atoms with Gasteiger partial charge < -0.3 is 15.5 Å². The molecule has 3 fully saturated rings. The minimum Gasteiger partial charge on any atom is -0.391 e. The molecule has 0 aliphatic heterocycles. The van der Waals surface area contributed by atoms with Crippen molar-refractivity contribution in [2.75, 3.05) is 6.54 Å². The summed E-state index contributed by atoms with van der Waals surface area (Å²) in [5.41, 5.74) is -4.38. The predicted octanol–water partition coefficient (Wildman–Crippen LogP) is 5.21. The van der Waals surface area contributed by atoms with Crippen LogP contribution in [0.4, 0.5) is 0 Å². The van der Waals surface area contributed by atoms with Gasteiger partial charge in [-0.25, -0.2) is 0 Å². The first-order valence-electron chi connectivity index (χ1n) is 15.9. The molecule has 7 nitrogen and oxygen atoms in total. The van der Waals surface area contributed by atoms with Crippen molar-refractivity contribution in [1.82, 2.24) is 5.32 Å². The fourth-order valence-electron chi connectivity index (χ4n) is 10.5. The molecule has 0 aromatic heterocycles. The maximum absolute atomic E-state index is 14.6. The molecule has 3 saturated carbocycles. The molecule has 0 radical (unpaired) electrons. The van der Waals surface area contributed by atoms with Crippen LogP contribution in [0.3, 0.4) is 0 Å². The van der Waals surface area contributed by atoms with Gasteiger partial charge in [0.2, 0.25) is 5.91 Å². The number of carbonyl (C=O) groups is 3. The normalized spacial score (nSPS) is 46.5. The molecule has 7 heteroatoms. The number of hydrogen-bond acceptors (Lipinski definition) is 6. The highest BCUT2D eigenvalue weighted by Crippen LogP contribution is 2.75. The van der Waals surface area contributed by atoms with Gasteiger partial charge >= 0.3 is 0 Å². The molecule has 42 heavy (non-hydrogen) atoms. The lowest BCUT2D eigenvalue weighted by Gasteiger charge is -2.71. The van der Waals surface area contributed by atoms with Gasteiger partial charge in [-0.3, -0.25) is 14.4 Å². The average Bonchev–Trinajstić information content (AvgIpc) is 2.93. The number of carbonyl (C=O) groups excluding carboxylic acids is 3. The Morgan fingerprint density at radius 1 is 1.05 bits per heavy atom. The molecule has 0 bridgehead atoms. The summed E-state index contributed by atoms with van der Waals surface area (Å²) >= 11 is 0. The van der Waals surface area contributed by atoms with Crippen molar-refractivity contribution < 1.29 is 24.6 Å². The molecule has 0 heterocycles. The number of fused-ring (bicyclic) bond motifs is 7. The molecule has 0 aromatic carbocycles. The lowest BCUT2D eigenvalue weighted by Crippen LogP contribution is -2.74. The van der Waals surface area contributed by atoms with E-state index < -0.39 is 44.7 Å². The number of aliphatic hydroxyl groups excluding tert-OH is 1. The molecule has 230 valence electrons. The van der Waals surface area contributed by atoms with Gasteiger partial charge in [-0.1, -0.05) is 61.5 Å². The van der Waals surface area contributed by atoms with E-state index in [0.717, 1.165) is 31.3 Å². The minimum atomic E-state index is -1.66. The molecular formula is C35H50N2O5. The fraction of sp³-hybridized carbons (Fsp3) is 0.771. The summed E-state index contributed by atoms with van der Waals surface area (Å²) in [7, 11) is 0. The first kappa shape index (κ1) is 31.1. The van der Waals surface area contributed by atoms with Crippen LogP contribution in [-0.4, -0.2) is 45.9 Å². The second-order valence-electron chi connectivity index (χ2n) is 16.2. The highest BCUT2D eigenvalue weighted by molar-refractivity contribution is 6.05. The van der Waals surface area contributed by atoms with Crippen LogP contribution in [0.1, 0.15) is 107 Å². The first-order chi connectivity index (χ1) is 19.3. The molecule has 1 amide bonds. The maximum atomic E-state index is 14.6. The van der Waals surface area contributed by atoms with E-state index in [1.165, 1.54) is 0 Å². The lowest BCUT2D eigenvalue weighted by atomic mass is 9.33. The van der Waals surface area contributed by atoms with Gasteiger partial charge in [0.05, 0.1) is 11.7 Å². The highest BCUT2D eigenvalue weighted by Gasteiger charge is 2.75. The van der Waals surface area contributed by atoms with E-state index in [-0.39, 0.29) is 40.9 Å². The zero-order chi connectivity index (χ0) is 31.3. The summed E-state index contributed by atoms with van der Waals surface area (Å²) in [6, 6.07) is 2.14. The number of nitrogens with zero attached hydrogens (tertiary/aromatic N) is 1. The predicted molar refractivity (Wildman–Crippen MR) is 160 cm³/mol. The van der Waals surface area contributed by atoms with Crippen LogP contribution in [0.15, 0.2) is 23.3 Å². The number of nitriles is 1. The topological polar surface area (TPSA) is 127 Å². The van der Waals surface area contributed by atoms with Crippen LogP contribution in [0.25, 0.3) is 0 Å². The van der Waals surface area contributed by atoms with Crippen molar-refractivity contribution in [3.8, 4) is 6.07 Å². The van der Waals surface area contributed by atoms with Crippen LogP contribution in [0, 0.1) is 55.7 Å². The van der Waals surface area contributed by atoms with Gasteiger partial charge in [-0.15, -0.1) is 0 Å². The van der Waals surface area contributed by atoms with E-state index in [9.17, 15) is 29.9 Å². The molecule has 5 aliphatic rings. The number of hydrogen-bond donors (Lipinski definition) is 3. The third-order valence-corrected chi connectivity index (χ3v) is 13.8. The Bertz CT molecular complexity index is 1340. The molecule has 0 aromatic rings. The Labute approximate surface area is 251 Å². The summed E-state index contributed by atoms with van der Waals surface area (Å²) < 4.78 is 0. The van der Waals surface area contributed by atoms with Gasteiger partial charge in [-0.05, 0) is 79.8 Å². The summed E-state index contributed by atoms with van der Waals surface area (Å²) in [5.74, 6) is -1.05. The molecular weight excluding hydrogens is 528 g/mol. The van der Waals surface area contributed by atoms with E-state index in [1.54, 1.807) is 6.08 Å². The third kappa shape index (κ3) is 3.73. The molecule has 5 aliphatic carbocycles. The number of rotatable bonds is 4. The Hall–Kier alpha value is -2.30. The quantitative estimate of drug-likeness (QED) is 0.420. The summed E-state index contributed by atoms with van der Waals surface area (Å²) in [5, 5.41) is 35.9. The zero-order valence-electron chi connectivity index (χ0n) is 26.8. The van der Waals surface area contributed by atoms with Gasteiger partial charge in [0.25, 0.3) is 0 Å². The van der Waals surface area contributed by atoms with E-state index >= 15 is 0 Å². The zero-order valence-corrected chi connectivity index (χ0v) is 26.8. The highest BCUT2D eigenvalue weighted by atomic mass is 16.3. The van der Waals surface area contributed by atoms with E-state index in [1.807, 2.05) is 33.8 Å². The maximum Gasteiger partial charge on any atom is 0.226 e. The van der Waals surface area contributed by atoms with Crippen molar-refractivity contribution in [1.29, 1.82) is 5.26 Å². The number of Topliss-reactive ketones (excluding diaryl/α,β-unsaturated/α-hetero) is 1. The Kier molecular flexibility index (Phi) is 6.93. The fourth-order valence-corrected chi connectivity index (χ4v) is 10.5. The van der Waals surface area contributed by atoms with E-state index in [2.05, 4.69) is 39.1 Å². The van der Waals surface area contributed by atoms with Crippen molar-refractivity contribution in [3.05, 3.63) is 23.3 Å². The van der Waals surface area contributed by atoms with E-state index in [4.69, 9.17) is 0 Å². The van der Waals surface area contributed by atoms with Crippen LogP contribution >= 0.6 is 0 Å². The molecule has 3 N–H and O–H groups in total. The van der Waals surface area contributed by atoms with E-state index in [0.29, 0.717) is 25.7 Å². The largest absolute Gasteiger partial charge is 0.391 e. The van der Waals surface area contributed by atoms with Crippen LogP contribution in [0.2, 0.25) is 0 Å². The van der Waals surface area contributed by atoms with Crippen LogP contribution in [0.5, 0.6) is 0 Å². The molecule has 0 spiro atoms. The van der Waals surface area contributed by atoms with Crippen molar-refractivity contribution in [2.24, 2.45) is 44.3 Å². The van der Waals surface area contributed by atoms with Crippen molar-refractivity contribution in [3.63, 3.8) is 0 Å². The Balaban J connectivity index is 1.62. The number of aliphatic hydroxyl groups is 2. The second-order valence-corrected chi connectivity index (χ2v) is 16.2. The molecule has 5 rings (SSSR count). The first-order valence-corrected chi connectivity index (χ1v) is 15.9. The number of ketones is 2. The standard InChI is InChI=1S/C35H50N2O5/c1-9-22(38)20-37-28(41)31(5)13-12-30(4)14-15-34(8)33(7)11-10-23-29(2,3)27(40)21(19-36)17-32(23,6)24(33)16-26(39)35(34,42)25(30)18-31/h16-17,22-23,25,38,42H,9-15,18,20H2,1-8H3,(H,37,41)/t22?,23-,25+,30+,31-,32-,33+,34-,35+/m0/s1. The Morgan fingerprint density at radius 3 is 2.31 bits per heavy atom. The van der Waals surface area contributed by atoms with Gasteiger partial charge in [0, 0.05) is 34.1 Å². The van der Waals surface area contributed by atoms with Gasteiger partial charge in [-0.2, -0.15) is 5.26 Å². The third-order valence-electron chi connectivity index (χ3n) is 13.8. The lowest BCUT2D eigenvalue weighted by molar-refractivity contribution is -0.242. The SMILES string of the molecule is CCC(O)CNC(=O)[C@@]1(C)CC[C@]2(C)CC[C@@]3(C)[C@]4(C)CC[C@H]5C(C)(C)C(=O)C(C#N)=C[C@]5(C)C4=CC(=O)[C@]3(O)[C@@H]2C1. The smallest absolute Gasteiger partial charge is 0.226 e. The number of amides is 1. The Morgan fingerprint density at radius 2 is 1.69 bits per heavy atom. The second kappa shape index (κ2) is 9.35. The van der Waals surface area contributed by atoms with Crippen molar-refractivity contribution >= 4 is 17.5 Å². The van der Waals surface area contributed by atoms with Crippen LogP contribution < -0.4 is 5.32 Å². The summed E-state index contributed by atoms with van der Waals surface area (Å²) in [6.07, 6.45) is 8.25. The molecule has 0 saturated heterocycles. The average molecular weight is 579 g/mol. The van der Waals surface area contributed by atoms with Crippen molar-refractivity contribution in [2.45, 2.75) is 118 Å². The van der Waals surface area contributed by atoms with Crippen LogP contribution in [-0.2, 0) is 14.4 Å². The monoisotopic (exact) mass is 578 g/mol. The molecule has 1 unspecified atom stereocenters. The molecule has 9 atom stereocenters. The van der Waals surface area contributed by atoms with Gasteiger partial charge in [0.15, 0.2) is 11.6 Å². The van der Waals surface area contributed by atoms with Gasteiger partial charge in [0.1, 0.15) is 11.7 Å². The minimum absolute atomic E-state index is 0.0643. The number of nitrogens with one attached hydrogen (secondary N) is 1.